The van der Waals surface area contributed by atoms with Crippen molar-refractivity contribution in [3.8, 4) is 0 Å². The summed E-state index contributed by atoms with van der Waals surface area (Å²) >= 11 is 0. The lowest BCUT2D eigenvalue weighted by Crippen LogP contribution is -2.48. The quantitative estimate of drug-likeness (QED) is 0.888. The Labute approximate surface area is 117 Å². The van der Waals surface area contributed by atoms with Crippen molar-refractivity contribution in [3.05, 3.63) is 29.6 Å². The molecule has 1 aromatic carbocycles. The number of anilines is 1. The SMILES string of the molecule is CCN1c2ccc(F)cc2[C@H]2CN(C(=O)CO)CC[C@H]21. The molecule has 0 bridgehead atoms. The molecule has 2 heterocycles. The van der Waals surface area contributed by atoms with Crippen LogP contribution in [-0.2, 0) is 4.79 Å². The third-order valence-electron chi connectivity index (χ3n) is 4.50. The second kappa shape index (κ2) is 5.05. The van der Waals surface area contributed by atoms with E-state index in [1.807, 2.05) is 6.07 Å². The molecule has 1 amide bonds. The predicted octanol–water partition coefficient (Wildman–Crippen LogP) is 1.34. The van der Waals surface area contributed by atoms with Gasteiger partial charge in [-0.05, 0) is 37.1 Å². The summed E-state index contributed by atoms with van der Waals surface area (Å²) < 4.78 is 13.5. The Balaban J connectivity index is 1.94. The van der Waals surface area contributed by atoms with E-state index in [4.69, 9.17) is 5.11 Å². The Bertz CT molecular complexity index is 535. The number of nitrogens with zero attached hydrogens (tertiary/aromatic N) is 2. The van der Waals surface area contributed by atoms with Gasteiger partial charge in [0.1, 0.15) is 12.4 Å². The summed E-state index contributed by atoms with van der Waals surface area (Å²) in [5.74, 6) is -0.327. The van der Waals surface area contributed by atoms with Gasteiger partial charge in [-0.15, -0.1) is 0 Å². The van der Waals surface area contributed by atoms with Gasteiger partial charge in [-0.25, -0.2) is 4.39 Å². The average Bonchev–Trinajstić information content (AvgIpc) is 2.78. The zero-order valence-electron chi connectivity index (χ0n) is 11.6. The Morgan fingerprint density at radius 2 is 2.30 bits per heavy atom. The molecule has 0 aromatic heterocycles. The molecule has 1 fully saturated rings. The highest BCUT2D eigenvalue weighted by atomic mass is 19.1. The van der Waals surface area contributed by atoms with Crippen molar-refractivity contribution in [2.45, 2.75) is 25.3 Å². The number of carbonyl (C=O) groups excluding carboxylic acids is 1. The lowest BCUT2D eigenvalue weighted by atomic mass is 9.89. The van der Waals surface area contributed by atoms with E-state index >= 15 is 0 Å². The minimum absolute atomic E-state index is 0.143. The number of hydrogen-bond acceptors (Lipinski definition) is 3. The normalized spacial score (nSPS) is 24.6. The number of piperidine rings is 1. The van der Waals surface area contributed by atoms with E-state index in [1.54, 1.807) is 11.0 Å². The molecule has 2 atom stereocenters. The maximum atomic E-state index is 13.5. The van der Waals surface area contributed by atoms with Crippen molar-refractivity contribution < 1.29 is 14.3 Å². The minimum Gasteiger partial charge on any atom is -0.387 e. The van der Waals surface area contributed by atoms with Crippen LogP contribution in [0.25, 0.3) is 0 Å². The monoisotopic (exact) mass is 278 g/mol. The molecule has 108 valence electrons. The highest BCUT2D eigenvalue weighted by molar-refractivity contribution is 5.77. The van der Waals surface area contributed by atoms with Crippen molar-refractivity contribution in [2.75, 3.05) is 31.1 Å². The van der Waals surface area contributed by atoms with Crippen LogP contribution in [0.2, 0.25) is 0 Å². The fourth-order valence-corrected chi connectivity index (χ4v) is 3.61. The van der Waals surface area contributed by atoms with Crippen molar-refractivity contribution in [1.82, 2.24) is 4.90 Å². The van der Waals surface area contributed by atoms with E-state index in [0.29, 0.717) is 19.1 Å². The van der Waals surface area contributed by atoms with Crippen molar-refractivity contribution in [3.63, 3.8) is 0 Å². The second-order valence-electron chi connectivity index (χ2n) is 5.45. The number of fused-ring (bicyclic) bond motifs is 3. The standard InChI is InChI=1S/C15H19FN2O2/c1-2-18-13-4-3-10(16)7-11(13)12-8-17(15(20)9-19)6-5-14(12)18/h3-4,7,12,14,19H,2,5-6,8-9H2,1H3/t12-,14-/m1/s1. The van der Waals surface area contributed by atoms with E-state index in [-0.39, 0.29) is 17.6 Å². The van der Waals surface area contributed by atoms with Crippen LogP contribution in [0.4, 0.5) is 10.1 Å². The summed E-state index contributed by atoms with van der Waals surface area (Å²) in [5.41, 5.74) is 2.08. The zero-order chi connectivity index (χ0) is 14.3. The fourth-order valence-electron chi connectivity index (χ4n) is 3.61. The lowest BCUT2D eigenvalue weighted by Gasteiger charge is -2.38. The number of hydrogen-bond donors (Lipinski definition) is 1. The maximum absolute atomic E-state index is 13.5. The Hall–Kier alpha value is -1.62. The number of benzene rings is 1. The molecule has 0 saturated carbocycles. The number of carbonyl (C=O) groups is 1. The summed E-state index contributed by atoms with van der Waals surface area (Å²) in [5, 5.41) is 9.00. The van der Waals surface area contributed by atoms with Gasteiger partial charge in [0.2, 0.25) is 5.91 Å². The van der Waals surface area contributed by atoms with Gasteiger partial charge < -0.3 is 14.9 Å². The van der Waals surface area contributed by atoms with Gasteiger partial charge in [0.05, 0.1) is 0 Å². The number of rotatable bonds is 2. The van der Waals surface area contributed by atoms with E-state index in [0.717, 1.165) is 24.2 Å². The third kappa shape index (κ3) is 1.97. The van der Waals surface area contributed by atoms with Gasteiger partial charge >= 0.3 is 0 Å². The molecule has 3 rings (SSSR count). The van der Waals surface area contributed by atoms with Gasteiger partial charge in [0, 0.05) is 37.3 Å². The molecule has 1 saturated heterocycles. The first-order chi connectivity index (χ1) is 9.65. The number of aliphatic hydroxyl groups is 1. The third-order valence-corrected chi connectivity index (χ3v) is 4.50. The van der Waals surface area contributed by atoms with Crippen molar-refractivity contribution in [2.24, 2.45) is 0 Å². The van der Waals surface area contributed by atoms with Gasteiger partial charge in [0.25, 0.3) is 0 Å². The molecule has 0 radical (unpaired) electrons. The van der Waals surface area contributed by atoms with Crippen LogP contribution in [0, 0.1) is 5.82 Å². The minimum atomic E-state index is -0.453. The number of amides is 1. The molecule has 4 nitrogen and oxygen atoms in total. The number of likely N-dealkylation sites (N-methyl/N-ethyl adjacent to an activating group) is 1. The summed E-state index contributed by atoms with van der Waals surface area (Å²) in [6.07, 6.45) is 0.862. The predicted molar refractivity (Wildman–Crippen MR) is 74.2 cm³/mol. The topological polar surface area (TPSA) is 43.8 Å². The molecule has 0 unspecified atom stereocenters. The first-order valence-corrected chi connectivity index (χ1v) is 7.10. The molecule has 2 aliphatic heterocycles. The van der Waals surface area contributed by atoms with Gasteiger partial charge in [-0.1, -0.05) is 0 Å². The van der Waals surface area contributed by atoms with E-state index < -0.39 is 6.61 Å². The summed E-state index contributed by atoms with van der Waals surface area (Å²) in [6, 6.07) is 5.26. The van der Waals surface area contributed by atoms with Crippen molar-refractivity contribution in [1.29, 1.82) is 0 Å². The summed E-state index contributed by atoms with van der Waals surface area (Å²) in [4.78, 5) is 15.7. The molecule has 0 aliphatic carbocycles. The van der Waals surface area contributed by atoms with Crippen LogP contribution in [0.1, 0.15) is 24.8 Å². The van der Waals surface area contributed by atoms with E-state index in [9.17, 15) is 9.18 Å². The average molecular weight is 278 g/mol. The van der Waals surface area contributed by atoms with E-state index in [1.165, 1.54) is 6.07 Å². The summed E-state index contributed by atoms with van der Waals surface area (Å²) in [7, 11) is 0. The Morgan fingerprint density at radius 3 is 3.00 bits per heavy atom. The highest BCUT2D eigenvalue weighted by Crippen LogP contribution is 2.44. The number of likely N-dealkylation sites (tertiary alicyclic amines) is 1. The first-order valence-electron chi connectivity index (χ1n) is 7.10. The summed E-state index contributed by atoms with van der Waals surface area (Å²) in [6.45, 7) is 3.75. The van der Waals surface area contributed by atoms with Crippen LogP contribution in [0.15, 0.2) is 18.2 Å². The van der Waals surface area contributed by atoms with Crippen LogP contribution in [0.3, 0.4) is 0 Å². The van der Waals surface area contributed by atoms with Crippen LogP contribution >= 0.6 is 0 Å². The molecular weight excluding hydrogens is 259 g/mol. The van der Waals surface area contributed by atoms with Crippen LogP contribution < -0.4 is 4.90 Å². The second-order valence-corrected chi connectivity index (χ2v) is 5.45. The molecular formula is C15H19FN2O2. The molecule has 2 aliphatic rings. The molecule has 1 N–H and O–H groups in total. The zero-order valence-corrected chi connectivity index (χ0v) is 11.6. The Morgan fingerprint density at radius 1 is 1.50 bits per heavy atom. The molecule has 1 aromatic rings. The molecule has 20 heavy (non-hydrogen) atoms. The fraction of sp³-hybridized carbons (Fsp3) is 0.533. The number of aliphatic hydroxyl groups excluding tert-OH is 1. The van der Waals surface area contributed by atoms with Crippen molar-refractivity contribution >= 4 is 11.6 Å². The maximum Gasteiger partial charge on any atom is 0.248 e. The Kier molecular flexibility index (Phi) is 3.38. The number of halogens is 1. The van der Waals surface area contributed by atoms with Gasteiger partial charge in [-0.2, -0.15) is 0 Å². The lowest BCUT2D eigenvalue weighted by molar-refractivity contribution is -0.135. The first kappa shape index (κ1) is 13.4. The largest absolute Gasteiger partial charge is 0.387 e. The smallest absolute Gasteiger partial charge is 0.248 e. The van der Waals surface area contributed by atoms with Crippen LogP contribution in [-0.4, -0.2) is 48.2 Å². The van der Waals surface area contributed by atoms with Crippen LogP contribution in [0.5, 0.6) is 0 Å². The molecule has 0 spiro atoms. The van der Waals surface area contributed by atoms with Gasteiger partial charge in [0.15, 0.2) is 0 Å². The highest BCUT2D eigenvalue weighted by Gasteiger charge is 2.42. The van der Waals surface area contributed by atoms with Gasteiger partial charge in [-0.3, -0.25) is 4.79 Å². The molecule has 5 heteroatoms. The van der Waals surface area contributed by atoms with E-state index in [2.05, 4.69) is 11.8 Å².